The molecule has 0 aliphatic rings. The van der Waals surface area contributed by atoms with E-state index in [1.165, 1.54) is 25.3 Å². The highest BCUT2D eigenvalue weighted by molar-refractivity contribution is 6.30. The van der Waals surface area contributed by atoms with Gasteiger partial charge in [-0.05, 0) is 32.3 Å². The lowest BCUT2D eigenvalue weighted by molar-refractivity contribution is -0.143. The van der Waals surface area contributed by atoms with Gasteiger partial charge in [0.1, 0.15) is 11.9 Å². The molecule has 1 unspecified atom stereocenters. The van der Waals surface area contributed by atoms with Gasteiger partial charge in [-0.15, -0.1) is 0 Å². The van der Waals surface area contributed by atoms with Gasteiger partial charge in [-0.2, -0.15) is 0 Å². The number of halogens is 2. The van der Waals surface area contributed by atoms with Gasteiger partial charge in [-0.25, -0.2) is 9.18 Å². The Balaban J connectivity index is 2.89. The van der Waals surface area contributed by atoms with Gasteiger partial charge in [-0.1, -0.05) is 11.6 Å². The second kappa shape index (κ2) is 7.43. The third-order valence-electron chi connectivity index (χ3n) is 2.61. The molecule has 6 heteroatoms. The van der Waals surface area contributed by atoms with Crippen LogP contribution >= 0.6 is 11.6 Å². The predicted molar refractivity (Wildman–Crippen MR) is 72.7 cm³/mol. The van der Waals surface area contributed by atoms with Gasteiger partial charge < -0.3 is 9.64 Å². The van der Waals surface area contributed by atoms with Crippen molar-refractivity contribution in [3.8, 4) is 0 Å². The van der Waals surface area contributed by atoms with Crippen LogP contribution in [0, 0.1) is 5.82 Å². The monoisotopic (exact) mass is 288 g/mol. The van der Waals surface area contributed by atoms with Crippen molar-refractivity contribution in [3.63, 3.8) is 0 Å². The maximum atomic E-state index is 13.8. The van der Waals surface area contributed by atoms with Crippen molar-refractivity contribution in [2.24, 2.45) is 0 Å². The quantitative estimate of drug-likeness (QED) is 0.811. The van der Waals surface area contributed by atoms with E-state index in [0.717, 1.165) is 6.54 Å². The zero-order valence-electron chi connectivity index (χ0n) is 11.2. The van der Waals surface area contributed by atoms with Crippen molar-refractivity contribution in [1.82, 2.24) is 10.2 Å². The van der Waals surface area contributed by atoms with Gasteiger partial charge in [-0.3, -0.25) is 5.32 Å². The minimum absolute atomic E-state index is 0.193. The molecule has 0 fully saturated rings. The summed E-state index contributed by atoms with van der Waals surface area (Å²) in [6.07, 6.45) is 0. The van der Waals surface area contributed by atoms with Crippen LogP contribution in [-0.4, -0.2) is 45.2 Å². The molecule has 0 saturated carbocycles. The fourth-order valence-electron chi connectivity index (χ4n) is 1.61. The second-order valence-electron chi connectivity index (χ2n) is 4.38. The SMILES string of the molecule is COC(=O)C(NCCN(C)C)c1cc(Cl)ccc1F. The Bertz CT molecular complexity index is 441. The van der Waals surface area contributed by atoms with E-state index in [9.17, 15) is 9.18 Å². The Kier molecular flexibility index (Phi) is 6.21. The maximum Gasteiger partial charge on any atom is 0.327 e. The molecule has 0 spiro atoms. The van der Waals surface area contributed by atoms with E-state index >= 15 is 0 Å². The molecule has 1 aromatic carbocycles. The fraction of sp³-hybridized carbons (Fsp3) is 0.462. The summed E-state index contributed by atoms with van der Waals surface area (Å²) >= 11 is 5.84. The van der Waals surface area contributed by atoms with E-state index in [1.54, 1.807) is 0 Å². The average molecular weight is 289 g/mol. The molecule has 1 aromatic rings. The number of hydrogen-bond donors (Lipinski definition) is 1. The van der Waals surface area contributed by atoms with Crippen molar-refractivity contribution in [2.45, 2.75) is 6.04 Å². The highest BCUT2D eigenvalue weighted by atomic mass is 35.5. The van der Waals surface area contributed by atoms with Crippen molar-refractivity contribution in [1.29, 1.82) is 0 Å². The number of likely N-dealkylation sites (N-methyl/N-ethyl adjacent to an activating group) is 1. The van der Waals surface area contributed by atoms with E-state index in [4.69, 9.17) is 16.3 Å². The van der Waals surface area contributed by atoms with E-state index in [-0.39, 0.29) is 5.56 Å². The maximum absolute atomic E-state index is 13.8. The lowest BCUT2D eigenvalue weighted by atomic mass is 10.1. The first-order chi connectivity index (χ1) is 8.95. The van der Waals surface area contributed by atoms with E-state index in [1.807, 2.05) is 19.0 Å². The molecule has 19 heavy (non-hydrogen) atoms. The molecule has 0 heterocycles. The van der Waals surface area contributed by atoms with Gasteiger partial charge in [0.2, 0.25) is 0 Å². The van der Waals surface area contributed by atoms with Gasteiger partial charge >= 0.3 is 5.97 Å². The molecule has 0 amide bonds. The molecule has 1 N–H and O–H groups in total. The van der Waals surface area contributed by atoms with Crippen LogP contribution in [0.2, 0.25) is 5.02 Å². The molecule has 4 nitrogen and oxygen atoms in total. The number of methoxy groups -OCH3 is 1. The largest absolute Gasteiger partial charge is 0.468 e. The van der Waals surface area contributed by atoms with Gasteiger partial charge in [0.05, 0.1) is 7.11 Å². The van der Waals surface area contributed by atoms with Crippen LogP contribution in [0.5, 0.6) is 0 Å². The van der Waals surface area contributed by atoms with Crippen LogP contribution in [0.15, 0.2) is 18.2 Å². The molecule has 0 radical (unpaired) electrons. The lowest BCUT2D eigenvalue weighted by Gasteiger charge is -2.19. The minimum Gasteiger partial charge on any atom is -0.468 e. The number of rotatable bonds is 6. The first-order valence-electron chi connectivity index (χ1n) is 5.86. The summed E-state index contributed by atoms with van der Waals surface area (Å²) in [4.78, 5) is 13.7. The number of nitrogens with one attached hydrogen (secondary N) is 1. The molecule has 106 valence electrons. The summed E-state index contributed by atoms with van der Waals surface area (Å²) in [5.41, 5.74) is 0.193. The van der Waals surface area contributed by atoms with Crippen molar-refractivity contribution >= 4 is 17.6 Å². The Morgan fingerprint density at radius 3 is 2.79 bits per heavy atom. The lowest BCUT2D eigenvalue weighted by Crippen LogP contribution is -2.35. The molecular formula is C13H18ClFN2O2. The zero-order chi connectivity index (χ0) is 14.4. The molecule has 0 aliphatic heterocycles. The third-order valence-corrected chi connectivity index (χ3v) is 2.85. The van der Waals surface area contributed by atoms with Crippen LogP contribution in [0.3, 0.4) is 0 Å². The Labute approximate surface area is 117 Å². The fourth-order valence-corrected chi connectivity index (χ4v) is 1.79. The number of ether oxygens (including phenoxy) is 1. The Morgan fingerprint density at radius 2 is 2.21 bits per heavy atom. The summed E-state index contributed by atoms with van der Waals surface area (Å²) < 4.78 is 18.5. The first-order valence-corrected chi connectivity index (χ1v) is 6.24. The number of benzene rings is 1. The Morgan fingerprint density at radius 1 is 1.53 bits per heavy atom. The molecule has 0 aromatic heterocycles. The molecule has 1 rings (SSSR count). The number of esters is 1. The van der Waals surface area contributed by atoms with Crippen LogP contribution < -0.4 is 5.32 Å². The number of nitrogens with zero attached hydrogens (tertiary/aromatic N) is 1. The van der Waals surface area contributed by atoms with Crippen LogP contribution in [0.4, 0.5) is 4.39 Å². The topological polar surface area (TPSA) is 41.6 Å². The van der Waals surface area contributed by atoms with E-state index in [2.05, 4.69) is 5.32 Å². The summed E-state index contributed by atoms with van der Waals surface area (Å²) in [6.45, 7) is 1.24. The van der Waals surface area contributed by atoms with Gasteiger partial charge in [0, 0.05) is 23.7 Å². The summed E-state index contributed by atoms with van der Waals surface area (Å²) in [6, 6.07) is 3.25. The van der Waals surface area contributed by atoms with Crippen molar-refractivity contribution < 1.29 is 13.9 Å². The van der Waals surface area contributed by atoms with E-state index < -0.39 is 17.8 Å². The van der Waals surface area contributed by atoms with Crippen molar-refractivity contribution in [3.05, 3.63) is 34.6 Å². The minimum atomic E-state index is -0.858. The van der Waals surface area contributed by atoms with Crippen LogP contribution in [-0.2, 0) is 9.53 Å². The summed E-state index contributed by atoms with van der Waals surface area (Å²) in [7, 11) is 5.09. The smallest absolute Gasteiger partial charge is 0.327 e. The highest BCUT2D eigenvalue weighted by Gasteiger charge is 2.24. The normalized spacial score (nSPS) is 12.5. The summed E-state index contributed by atoms with van der Waals surface area (Å²) in [5.74, 6) is -1.03. The predicted octanol–water partition coefficient (Wildman–Crippen LogP) is 1.84. The summed E-state index contributed by atoms with van der Waals surface area (Å²) in [5, 5.41) is 3.35. The molecule has 0 bridgehead atoms. The third kappa shape index (κ3) is 4.78. The van der Waals surface area contributed by atoms with Gasteiger partial charge in [0.15, 0.2) is 0 Å². The number of hydrogen-bond acceptors (Lipinski definition) is 4. The number of carbonyl (C=O) groups excluding carboxylic acids is 1. The van der Waals surface area contributed by atoms with Crippen LogP contribution in [0.25, 0.3) is 0 Å². The molecular weight excluding hydrogens is 271 g/mol. The molecule has 0 saturated heterocycles. The van der Waals surface area contributed by atoms with Crippen LogP contribution in [0.1, 0.15) is 11.6 Å². The standard InChI is InChI=1S/C13H18ClFN2O2/c1-17(2)7-6-16-12(13(18)19-3)10-8-9(14)4-5-11(10)15/h4-5,8,12,16H,6-7H2,1-3H3. The highest BCUT2D eigenvalue weighted by Crippen LogP contribution is 2.22. The van der Waals surface area contributed by atoms with Crippen molar-refractivity contribution in [2.75, 3.05) is 34.3 Å². The van der Waals surface area contributed by atoms with Gasteiger partial charge in [0.25, 0.3) is 0 Å². The average Bonchev–Trinajstić information content (AvgIpc) is 2.37. The zero-order valence-corrected chi connectivity index (χ0v) is 12.0. The Hall–Kier alpha value is -1.17. The van der Waals surface area contributed by atoms with E-state index in [0.29, 0.717) is 11.6 Å². The number of carbonyl (C=O) groups is 1. The second-order valence-corrected chi connectivity index (χ2v) is 4.82. The first kappa shape index (κ1) is 15.9. The molecule has 0 aliphatic carbocycles. The molecule has 1 atom stereocenters.